The van der Waals surface area contributed by atoms with Crippen LogP contribution in [0.1, 0.15) is 46.0 Å². The van der Waals surface area contributed by atoms with E-state index in [1.54, 1.807) is 0 Å². The molecule has 7 unspecified atom stereocenters. The molecular formula is C15H26N2O5. The Balaban J connectivity index is 1.74. The summed E-state index contributed by atoms with van der Waals surface area (Å²) in [6, 6.07) is -0.797. The fourth-order valence-corrected chi connectivity index (χ4v) is 3.64. The smallest absolute Gasteiger partial charge is 0.317 e. The van der Waals surface area contributed by atoms with E-state index in [-0.39, 0.29) is 18.1 Å². The number of aliphatic hydroxyl groups is 2. The first-order valence-electron chi connectivity index (χ1n) is 8.23. The van der Waals surface area contributed by atoms with Crippen LogP contribution in [0.5, 0.6) is 0 Å². The molecule has 7 nitrogen and oxygen atoms in total. The Labute approximate surface area is 130 Å². The van der Waals surface area contributed by atoms with Crippen LogP contribution in [0.2, 0.25) is 0 Å². The summed E-state index contributed by atoms with van der Waals surface area (Å²) in [6.45, 7) is 4.14. The van der Waals surface area contributed by atoms with Crippen molar-refractivity contribution in [1.82, 2.24) is 10.6 Å². The van der Waals surface area contributed by atoms with Crippen molar-refractivity contribution >= 4 is 6.03 Å². The van der Waals surface area contributed by atoms with E-state index >= 15 is 0 Å². The monoisotopic (exact) mass is 314 g/mol. The van der Waals surface area contributed by atoms with Gasteiger partial charge in [0.2, 0.25) is 0 Å². The van der Waals surface area contributed by atoms with Crippen LogP contribution in [0.3, 0.4) is 0 Å². The van der Waals surface area contributed by atoms with Crippen LogP contribution in [-0.2, 0) is 9.47 Å². The lowest BCUT2D eigenvalue weighted by Gasteiger charge is -2.44. The topological polar surface area (TPSA) is 100 Å². The number of rotatable bonds is 3. The number of hydrogen-bond acceptors (Lipinski definition) is 5. The minimum atomic E-state index is -1.64. The molecular weight excluding hydrogens is 288 g/mol. The van der Waals surface area contributed by atoms with Crippen LogP contribution in [0.4, 0.5) is 4.79 Å². The number of ether oxygens (including phenoxy) is 2. The molecule has 22 heavy (non-hydrogen) atoms. The van der Waals surface area contributed by atoms with Gasteiger partial charge in [-0.1, -0.05) is 13.8 Å². The van der Waals surface area contributed by atoms with E-state index < -0.39 is 30.3 Å². The summed E-state index contributed by atoms with van der Waals surface area (Å²) >= 11 is 0. The van der Waals surface area contributed by atoms with Crippen molar-refractivity contribution in [2.45, 2.75) is 82.3 Å². The number of urea groups is 1. The first-order valence-corrected chi connectivity index (χ1v) is 8.23. The highest BCUT2D eigenvalue weighted by atomic mass is 16.7. The normalized spacial score (nSPS) is 48.5. The predicted octanol–water partition coefficient (Wildman–Crippen LogP) is 0.447. The van der Waals surface area contributed by atoms with Gasteiger partial charge in [-0.05, 0) is 32.1 Å². The minimum Gasteiger partial charge on any atom is -0.385 e. The van der Waals surface area contributed by atoms with Crippen molar-refractivity contribution in [2.24, 2.45) is 5.92 Å². The standard InChI is InChI=1S/C15H26N2O5/c1-3-9-5-4-8(2)13(21-9)22-11-10-6-7-15(20,12(11)18)17-14(19)16-10/h8-13,18,20H,3-7H2,1-2H3,(H2,16,17,19). The van der Waals surface area contributed by atoms with Crippen molar-refractivity contribution in [3.8, 4) is 0 Å². The Hall–Kier alpha value is -0.890. The molecule has 7 atom stereocenters. The van der Waals surface area contributed by atoms with Crippen molar-refractivity contribution < 1.29 is 24.5 Å². The zero-order valence-electron chi connectivity index (χ0n) is 13.1. The average Bonchev–Trinajstić information content (AvgIpc) is 2.68. The summed E-state index contributed by atoms with van der Waals surface area (Å²) in [6.07, 6.45) is 1.68. The molecule has 0 spiro atoms. The molecule has 0 radical (unpaired) electrons. The summed E-state index contributed by atoms with van der Waals surface area (Å²) in [5, 5.41) is 26.1. The van der Waals surface area contributed by atoms with Crippen molar-refractivity contribution in [2.75, 3.05) is 0 Å². The largest absolute Gasteiger partial charge is 0.385 e. The highest BCUT2D eigenvalue weighted by molar-refractivity contribution is 5.76. The average molecular weight is 314 g/mol. The molecule has 4 N–H and O–H groups in total. The van der Waals surface area contributed by atoms with Gasteiger partial charge < -0.3 is 30.3 Å². The molecule has 2 amide bonds. The van der Waals surface area contributed by atoms with Gasteiger partial charge >= 0.3 is 6.03 Å². The summed E-state index contributed by atoms with van der Waals surface area (Å²) in [7, 11) is 0. The molecule has 0 aromatic carbocycles. The second-order valence-electron chi connectivity index (χ2n) is 6.80. The van der Waals surface area contributed by atoms with Crippen LogP contribution in [0.25, 0.3) is 0 Å². The van der Waals surface area contributed by atoms with Crippen LogP contribution < -0.4 is 10.6 Å². The van der Waals surface area contributed by atoms with Crippen molar-refractivity contribution in [1.29, 1.82) is 0 Å². The quantitative estimate of drug-likeness (QED) is 0.606. The molecule has 4 rings (SSSR count). The number of amides is 2. The molecule has 4 aliphatic rings. The number of hydrogen-bond donors (Lipinski definition) is 4. The maximum Gasteiger partial charge on any atom is 0.317 e. The van der Waals surface area contributed by atoms with Gasteiger partial charge in [0.25, 0.3) is 0 Å². The highest BCUT2D eigenvalue weighted by Crippen LogP contribution is 2.35. The van der Waals surface area contributed by atoms with Gasteiger partial charge in [0.1, 0.15) is 12.2 Å². The number of fused-ring (bicyclic) bond motifs is 4. The second-order valence-corrected chi connectivity index (χ2v) is 6.80. The molecule has 0 aromatic rings. The number of carbonyl (C=O) groups is 1. The third kappa shape index (κ3) is 2.82. The first-order chi connectivity index (χ1) is 10.4. The second kappa shape index (κ2) is 5.96. The van der Waals surface area contributed by atoms with E-state index in [2.05, 4.69) is 24.5 Å². The molecule has 2 bridgehead atoms. The fourth-order valence-electron chi connectivity index (χ4n) is 3.64. The molecule has 1 aliphatic carbocycles. The zero-order chi connectivity index (χ0) is 15.9. The lowest BCUT2D eigenvalue weighted by Crippen LogP contribution is -2.63. The molecule has 126 valence electrons. The summed E-state index contributed by atoms with van der Waals surface area (Å²) in [5.41, 5.74) is -1.64. The Bertz CT molecular complexity index is 434. The highest BCUT2D eigenvalue weighted by Gasteiger charge is 2.53. The van der Waals surface area contributed by atoms with Crippen molar-refractivity contribution in [3.63, 3.8) is 0 Å². The van der Waals surface area contributed by atoms with E-state index in [9.17, 15) is 15.0 Å². The van der Waals surface area contributed by atoms with Crippen molar-refractivity contribution in [3.05, 3.63) is 0 Å². The number of carbonyl (C=O) groups excluding carboxylic acids is 1. The van der Waals surface area contributed by atoms with Gasteiger partial charge in [0.05, 0.1) is 12.1 Å². The third-order valence-electron chi connectivity index (χ3n) is 5.16. The van der Waals surface area contributed by atoms with E-state index in [1.807, 2.05) is 0 Å². The SMILES string of the molecule is CCC1CCC(C)C(OC2C3CCC(O)(NC(=O)N3)C2O)O1. The van der Waals surface area contributed by atoms with E-state index in [4.69, 9.17) is 9.47 Å². The first kappa shape index (κ1) is 16.0. The van der Waals surface area contributed by atoms with Gasteiger partial charge in [-0.3, -0.25) is 0 Å². The lowest BCUT2D eigenvalue weighted by molar-refractivity contribution is -0.275. The maximum atomic E-state index is 11.7. The van der Waals surface area contributed by atoms with Crippen LogP contribution >= 0.6 is 0 Å². The number of nitrogens with one attached hydrogen (secondary N) is 2. The minimum absolute atomic E-state index is 0.164. The van der Waals surface area contributed by atoms with Gasteiger partial charge in [-0.15, -0.1) is 0 Å². The van der Waals surface area contributed by atoms with Gasteiger partial charge in [0, 0.05) is 5.92 Å². The lowest BCUT2D eigenvalue weighted by atomic mass is 9.84. The maximum absolute atomic E-state index is 11.7. The molecule has 3 saturated heterocycles. The molecule has 3 heterocycles. The molecule has 3 aliphatic heterocycles. The molecule has 4 fully saturated rings. The Kier molecular flexibility index (Phi) is 4.33. The third-order valence-corrected chi connectivity index (χ3v) is 5.16. The Morgan fingerprint density at radius 1 is 1.41 bits per heavy atom. The van der Waals surface area contributed by atoms with Crippen LogP contribution in [0, 0.1) is 5.92 Å². The van der Waals surface area contributed by atoms with Crippen LogP contribution in [0.15, 0.2) is 0 Å². The zero-order valence-corrected chi connectivity index (χ0v) is 13.1. The van der Waals surface area contributed by atoms with Gasteiger partial charge in [-0.2, -0.15) is 0 Å². The summed E-state index contributed by atoms with van der Waals surface area (Å²) in [4.78, 5) is 11.7. The number of aliphatic hydroxyl groups excluding tert-OH is 1. The Morgan fingerprint density at radius 3 is 2.91 bits per heavy atom. The fraction of sp³-hybridized carbons (Fsp3) is 0.933. The van der Waals surface area contributed by atoms with Gasteiger partial charge in [0.15, 0.2) is 12.0 Å². The molecule has 0 aromatic heterocycles. The predicted molar refractivity (Wildman–Crippen MR) is 77.9 cm³/mol. The van der Waals surface area contributed by atoms with E-state index in [0.29, 0.717) is 12.8 Å². The van der Waals surface area contributed by atoms with E-state index in [0.717, 1.165) is 19.3 Å². The van der Waals surface area contributed by atoms with Gasteiger partial charge in [-0.25, -0.2) is 4.79 Å². The molecule has 1 saturated carbocycles. The molecule has 7 heteroatoms. The van der Waals surface area contributed by atoms with E-state index in [1.165, 1.54) is 0 Å². The van der Waals surface area contributed by atoms with Crippen LogP contribution in [-0.4, -0.2) is 52.6 Å². The Morgan fingerprint density at radius 2 is 2.18 bits per heavy atom. The summed E-state index contributed by atoms with van der Waals surface area (Å²) < 4.78 is 12.0. The summed E-state index contributed by atoms with van der Waals surface area (Å²) in [5.74, 6) is 0.218.